The Morgan fingerprint density at radius 2 is 1.95 bits per heavy atom. The van der Waals surface area contributed by atoms with Crippen molar-refractivity contribution in [1.29, 1.82) is 0 Å². The number of rotatable bonds is 2. The van der Waals surface area contributed by atoms with Crippen molar-refractivity contribution in [2.45, 2.75) is 6.18 Å². The average molecular weight is 307 g/mol. The summed E-state index contributed by atoms with van der Waals surface area (Å²) < 4.78 is 45.3. The van der Waals surface area contributed by atoms with Crippen LogP contribution in [0.4, 0.5) is 19.1 Å². The number of hydrogen-bond acceptors (Lipinski definition) is 3. The molecular formula is C14H10F3N4O. The summed E-state index contributed by atoms with van der Waals surface area (Å²) in [5.41, 5.74) is 7.66. The summed E-state index contributed by atoms with van der Waals surface area (Å²) >= 11 is 0. The quantitative estimate of drug-likeness (QED) is 0.729. The summed E-state index contributed by atoms with van der Waals surface area (Å²) in [5, 5.41) is 3.89. The second-order valence-electron chi connectivity index (χ2n) is 4.53. The maximum Gasteiger partial charge on any atom is 0.416 e. The first-order chi connectivity index (χ1) is 10.4. The van der Waals surface area contributed by atoms with Gasteiger partial charge in [-0.2, -0.15) is 18.2 Å². The van der Waals surface area contributed by atoms with Crippen molar-refractivity contribution in [2.75, 3.05) is 7.11 Å². The molecule has 0 saturated carbocycles. The fourth-order valence-corrected chi connectivity index (χ4v) is 2.19. The third-order valence-electron chi connectivity index (χ3n) is 3.16. The van der Waals surface area contributed by atoms with E-state index in [2.05, 4.69) is 10.1 Å². The normalized spacial score (nSPS) is 11.8. The summed E-state index contributed by atoms with van der Waals surface area (Å²) in [4.78, 5) is 3.88. The summed E-state index contributed by atoms with van der Waals surface area (Å²) in [5.74, 6) is 0.0703. The number of halogens is 3. The molecule has 1 radical (unpaired) electrons. The second kappa shape index (κ2) is 4.90. The van der Waals surface area contributed by atoms with E-state index < -0.39 is 11.7 Å². The largest absolute Gasteiger partial charge is 0.496 e. The van der Waals surface area contributed by atoms with Crippen LogP contribution in [0.3, 0.4) is 0 Å². The fraction of sp³-hybridized carbons (Fsp3) is 0.143. The summed E-state index contributed by atoms with van der Waals surface area (Å²) in [6, 6.07) is 8.07. The van der Waals surface area contributed by atoms with E-state index in [1.54, 1.807) is 18.2 Å². The molecule has 0 aliphatic heterocycles. The number of alkyl halides is 3. The van der Waals surface area contributed by atoms with Gasteiger partial charge in [-0.25, -0.2) is 4.52 Å². The van der Waals surface area contributed by atoms with Gasteiger partial charge in [-0.05, 0) is 30.3 Å². The lowest BCUT2D eigenvalue weighted by molar-refractivity contribution is -0.137. The van der Waals surface area contributed by atoms with Crippen molar-refractivity contribution in [3.8, 4) is 17.0 Å². The molecule has 8 heteroatoms. The number of benzene rings is 1. The van der Waals surface area contributed by atoms with Gasteiger partial charge in [-0.3, -0.25) is 5.73 Å². The van der Waals surface area contributed by atoms with Crippen LogP contribution in [0.1, 0.15) is 5.56 Å². The maximum absolute atomic E-state index is 12.9. The molecule has 5 nitrogen and oxygen atoms in total. The lowest BCUT2D eigenvalue weighted by atomic mass is 10.1. The van der Waals surface area contributed by atoms with Crippen LogP contribution in [0, 0.1) is 0 Å². The maximum atomic E-state index is 12.9. The highest BCUT2D eigenvalue weighted by molar-refractivity contribution is 5.70. The standard InChI is InChI=1S/C14H10F3N4O/c1-22-11-6-5-8(14(15,16)17)7-9(11)10-3-2-4-12-19-13(18)20-21(10)12/h2-7,18H,1H3. The number of fused-ring (bicyclic) bond motifs is 1. The molecule has 0 aliphatic carbocycles. The number of nitrogens with zero attached hydrogens (tertiary/aromatic N) is 3. The predicted octanol–water partition coefficient (Wildman–Crippen LogP) is 3.34. The Balaban J connectivity index is 2.29. The first-order valence-electron chi connectivity index (χ1n) is 6.23. The molecule has 2 heterocycles. The van der Waals surface area contributed by atoms with Crippen LogP contribution >= 0.6 is 0 Å². The van der Waals surface area contributed by atoms with E-state index >= 15 is 0 Å². The Bertz CT molecular complexity index is 842. The van der Waals surface area contributed by atoms with E-state index in [0.717, 1.165) is 12.1 Å². The van der Waals surface area contributed by atoms with Crippen molar-refractivity contribution in [1.82, 2.24) is 20.3 Å². The zero-order valence-electron chi connectivity index (χ0n) is 11.3. The minimum atomic E-state index is -4.46. The van der Waals surface area contributed by atoms with E-state index in [0.29, 0.717) is 11.3 Å². The van der Waals surface area contributed by atoms with Crippen LogP contribution in [0.15, 0.2) is 36.4 Å². The van der Waals surface area contributed by atoms with Gasteiger partial charge in [0.1, 0.15) is 5.75 Å². The second-order valence-corrected chi connectivity index (χ2v) is 4.53. The number of aromatic nitrogens is 3. The molecule has 3 aromatic rings. The molecule has 0 unspecified atom stereocenters. The van der Waals surface area contributed by atoms with E-state index in [4.69, 9.17) is 10.5 Å². The highest BCUT2D eigenvalue weighted by Crippen LogP contribution is 2.37. The number of nitrogens with one attached hydrogen (secondary N) is 1. The zero-order chi connectivity index (χ0) is 15.9. The molecular weight excluding hydrogens is 297 g/mol. The highest BCUT2D eigenvalue weighted by atomic mass is 19.4. The minimum absolute atomic E-state index is 0.210. The molecule has 0 fully saturated rings. The van der Waals surface area contributed by atoms with Gasteiger partial charge in [-0.1, -0.05) is 6.07 Å². The monoisotopic (exact) mass is 307 g/mol. The first kappa shape index (κ1) is 14.2. The smallest absolute Gasteiger partial charge is 0.416 e. The van der Waals surface area contributed by atoms with Crippen molar-refractivity contribution in [3.63, 3.8) is 0 Å². The van der Waals surface area contributed by atoms with Crippen molar-refractivity contribution in [2.24, 2.45) is 0 Å². The lowest BCUT2D eigenvalue weighted by Gasteiger charge is -2.13. The van der Waals surface area contributed by atoms with Gasteiger partial charge in [0.05, 0.1) is 18.4 Å². The van der Waals surface area contributed by atoms with Crippen LogP contribution in [0.5, 0.6) is 5.75 Å². The third-order valence-corrected chi connectivity index (χ3v) is 3.16. The molecule has 1 N–H and O–H groups in total. The molecule has 0 atom stereocenters. The van der Waals surface area contributed by atoms with Crippen LogP contribution in [-0.2, 0) is 6.18 Å². The molecule has 113 valence electrons. The average Bonchev–Trinajstić information content (AvgIpc) is 2.85. The van der Waals surface area contributed by atoms with Gasteiger partial charge in [-0.15, -0.1) is 5.10 Å². The molecule has 0 spiro atoms. The topological polar surface area (TPSA) is 63.2 Å². The van der Waals surface area contributed by atoms with Gasteiger partial charge in [0.15, 0.2) is 5.65 Å². The predicted molar refractivity (Wildman–Crippen MR) is 72.7 cm³/mol. The SMILES string of the molecule is COc1ccc(C(F)(F)F)cc1-c1cccc2nc([NH])nn12. The van der Waals surface area contributed by atoms with Crippen LogP contribution in [0.25, 0.3) is 16.9 Å². The number of ether oxygens (including phenoxy) is 1. The molecule has 0 aliphatic rings. The Hall–Kier alpha value is -2.77. The molecule has 2 aromatic heterocycles. The van der Waals surface area contributed by atoms with Crippen molar-refractivity contribution >= 4 is 11.6 Å². The van der Waals surface area contributed by atoms with Crippen LogP contribution in [-0.4, -0.2) is 21.7 Å². The van der Waals surface area contributed by atoms with Gasteiger partial charge in [0.25, 0.3) is 5.95 Å². The summed E-state index contributed by atoms with van der Waals surface area (Å²) in [6.45, 7) is 0. The third kappa shape index (κ3) is 2.32. The molecule has 22 heavy (non-hydrogen) atoms. The minimum Gasteiger partial charge on any atom is -0.496 e. The summed E-state index contributed by atoms with van der Waals surface area (Å²) in [7, 11) is 1.38. The number of pyridine rings is 1. The number of hydrogen-bond donors (Lipinski definition) is 0. The van der Waals surface area contributed by atoms with Gasteiger partial charge < -0.3 is 4.74 Å². The fourth-order valence-electron chi connectivity index (χ4n) is 2.19. The van der Waals surface area contributed by atoms with Crippen molar-refractivity contribution in [3.05, 3.63) is 42.0 Å². The van der Waals surface area contributed by atoms with Crippen LogP contribution < -0.4 is 10.5 Å². The van der Waals surface area contributed by atoms with Crippen LogP contribution in [0.2, 0.25) is 0 Å². The molecule has 0 bridgehead atoms. The molecule has 0 amide bonds. The highest BCUT2D eigenvalue weighted by Gasteiger charge is 2.31. The van der Waals surface area contributed by atoms with Gasteiger partial charge in [0.2, 0.25) is 0 Å². The van der Waals surface area contributed by atoms with Crippen molar-refractivity contribution < 1.29 is 17.9 Å². The van der Waals surface area contributed by atoms with Gasteiger partial charge >= 0.3 is 6.18 Å². The summed E-state index contributed by atoms with van der Waals surface area (Å²) in [6.07, 6.45) is -4.46. The molecule has 0 saturated heterocycles. The Morgan fingerprint density at radius 3 is 2.64 bits per heavy atom. The van der Waals surface area contributed by atoms with E-state index in [9.17, 15) is 13.2 Å². The first-order valence-corrected chi connectivity index (χ1v) is 6.23. The lowest BCUT2D eigenvalue weighted by Crippen LogP contribution is -2.06. The Kier molecular flexibility index (Phi) is 3.16. The van der Waals surface area contributed by atoms with E-state index in [1.165, 1.54) is 17.7 Å². The molecule has 1 aromatic carbocycles. The zero-order valence-corrected chi connectivity index (χ0v) is 11.3. The Morgan fingerprint density at radius 1 is 1.18 bits per heavy atom. The number of methoxy groups -OCH3 is 1. The van der Waals surface area contributed by atoms with Gasteiger partial charge in [0, 0.05) is 5.56 Å². The van der Waals surface area contributed by atoms with E-state index in [-0.39, 0.29) is 17.3 Å². The molecule has 3 rings (SSSR count). The Labute approximate surface area is 123 Å². The van der Waals surface area contributed by atoms with E-state index in [1.807, 2.05) is 0 Å².